The first kappa shape index (κ1) is 23.1. The maximum absolute atomic E-state index is 9.31. The zero-order valence-electron chi connectivity index (χ0n) is 18.5. The Labute approximate surface area is 220 Å². The molecule has 0 bridgehead atoms. The maximum Gasteiger partial charge on any atom is 0.141 e. The van der Waals surface area contributed by atoms with Crippen molar-refractivity contribution in [2.45, 2.75) is 0 Å². The molecule has 0 atom stereocenters. The Hall–Kier alpha value is -3.63. The molecule has 7 rings (SSSR count). The minimum atomic E-state index is 0. The number of benzene rings is 4. The second-order valence-corrected chi connectivity index (χ2v) is 8.96. The number of para-hydroxylation sites is 2. The van der Waals surface area contributed by atoms with Gasteiger partial charge < -0.3 is 5.11 Å². The van der Waals surface area contributed by atoms with Crippen LogP contribution in [0.15, 0.2) is 109 Å². The molecule has 3 heterocycles. The van der Waals surface area contributed by atoms with Gasteiger partial charge in [-0.3, -0.25) is 9.97 Å². The Morgan fingerprint density at radius 1 is 0.743 bits per heavy atom. The van der Waals surface area contributed by atoms with Gasteiger partial charge in [-0.1, -0.05) is 54.6 Å². The Morgan fingerprint density at radius 3 is 2.34 bits per heavy atom. The maximum atomic E-state index is 9.31. The van der Waals surface area contributed by atoms with Crippen LogP contribution in [0.2, 0.25) is 0 Å². The SMILES string of the molecule is Oc1cccc2cccnc12.[Ir].[c-]1ccccc1-c1nc2ccccc2c2sc3ccccc3c12. The number of pyridine rings is 2. The zero-order chi connectivity index (χ0) is 22.9. The monoisotopic (exact) mass is 648 g/mol. The van der Waals surface area contributed by atoms with Gasteiger partial charge in [0.1, 0.15) is 11.3 Å². The van der Waals surface area contributed by atoms with E-state index in [-0.39, 0.29) is 25.9 Å². The van der Waals surface area contributed by atoms with Crippen molar-refractivity contribution < 1.29 is 25.2 Å². The van der Waals surface area contributed by atoms with Crippen molar-refractivity contribution in [2.75, 3.05) is 0 Å². The minimum absolute atomic E-state index is 0. The van der Waals surface area contributed by atoms with E-state index in [4.69, 9.17) is 4.98 Å². The Bertz CT molecular complexity index is 1780. The molecule has 0 unspecified atom stereocenters. The summed E-state index contributed by atoms with van der Waals surface area (Å²) in [5.74, 6) is 0.239. The normalized spacial score (nSPS) is 10.7. The van der Waals surface area contributed by atoms with E-state index in [1.165, 1.54) is 25.6 Å². The molecule has 0 saturated heterocycles. The first-order valence-corrected chi connectivity index (χ1v) is 11.8. The standard InChI is InChI=1S/C21H12NS.C9H7NO.Ir/c1-2-8-14(9-3-1)20-19-16-11-5-7-13-18(16)23-21(19)15-10-4-6-12-17(15)22-20;11-8-5-1-3-7-4-2-6-10-9(7)8;/h1-8,10-13H;1-6,11H;/q-1;;. The summed E-state index contributed by atoms with van der Waals surface area (Å²) in [5, 5.41) is 14.0. The summed E-state index contributed by atoms with van der Waals surface area (Å²) in [5.41, 5.74) is 3.78. The van der Waals surface area contributed by atoms with Crippen LogP contribution in [0.5, 0.6) is 5.75 Å². The molecule has 0 aliphatic carbocycles. The summed E-state index contributed by atoms with van der Waals surface area (Å²) in [7, 11) is 0. The van der Waals surface area contributed by atoms with Gasteiger partial charge >= 0.3 is 0 Å². The molecule has 0 spiro atoms. The molecule has 0 aliphatic rings. The van der Waals surface area contributed by atoms with Crippen LogP contribution in [0, 0.1) is 6.07 Å². The first-order chi connectivity index (χ1) is 16.8. The van der Waals surface area contributed by atoms with Gasteiger partial charge in [-0.25, -0.2) is 0 Å². The van der Waals surface area contributed by atoms with E-state index in [2.05, 4.69) is 59.6 Å². The van der Waals surface area contributed by atoms with Gasteiger partial charge in [-0.2, -0.15) is 0 Å². The van der Waals surface area contributed by atoms with Crippen molar-refractivity contribution >= 4 is 53.3 Å². The van der Waals surface area contributed by atoms with Crippen molar-refractivity contribution in [1.29, 1.82) is 0 Å². The third kappa shape index (κ3) is 4.30. The summed E-state index contributed by atoms with van der Waals surface area (Å²) >= 11 is 1.85. The van der Waals surface area contributed by atoms with Crippen molar-refractivity contribution in [3.05, 3.63) is 115 Å². The molecule has 3 nitrogen and oxygen atoms in total. The largest absolute Gasteiger partial charge is 0.506 e. The van der Waals surface area contributed by atoms with Gasteiger partial charge in [0, 0.05) is 46.5 Å². The number of phenolic OH excluding ortho intramolecular Hbond substituents is 1. The number of hydrogen-bond donors (Lipinski definition) is 1. The van der Waals surface area contributed by atoms with Gasteiger partial charge in [-0.05, 0) is 40.7 Å². The van der Waals surface area contributed by atoms with E-state index in [9.17, 15) is 5.11 Å². The molecule has 0 amide bonds. The number of fused-ring (bicyclic) bond motifs is 6. The summed E-state index contributed by atoms with van der Waals surface area (Å²) in [6, 6.07) is 37.5. The van der Waals surface area contributed by atoms with Crippen molar-refractivity contribution in [3.8, 4) is 17.0 Å². The van der Waals surface area contributed by atoms with E-state index in [1.807, 2.05) is 53.8 Å². The van der Waals surface area contributed by atoms with E-state index in [1.54, 1.807) is 18.3 Å². The predicted molar refractivity (Wildman–Crippen MR) is 142 cm³/mol. The molecule has 171 valence electrons. The summed E-state index contributed by atoms with van der Waals surface area (Å²) < 4.78 is 2.61. The smallest absolute Gasteiger partial charge is 0.141 e. The number of hydrogen-bond acceptors (Lipinski definition) is 4. The first-order valence-electron chi connectivity index (χ1n) is 11.0. The summed E-state index contributed by atoms with van der Waals surface area (Å²) in [4.78, 5) is 9.00. The van der Waals surface area contributed by atoms with Gasteiger partial charge in [0.2, 0.25) is 0 Å². The van der Waals surface area contributed by atoms with Crippen LogP contribution in [0.1, 0.15) is 0 Å². The quantitative estimate of drug-likeness (QED) is 0.184. The summed E-state index contributed by atoms with van der Waals surface area (Å²) in [6.45, 7) is 0. The molecular weight excluding hydrogens is 629 g/mol. The molecule has 3 aromatic heterocycles. The number of phenols is 1. The van der Waals surface area contributed by atoms with E-state index >= 15 is 0 Å². The molecule has 4 aromatic carbocycles. The van der Waals surface area contributed by atoms with Crippen LogP contribution in [0.25, 0.3) is 53.2 Å². The molecule has 0 aliphatic heterocycles. The molecule has 1 radical (unpaired) electrons. The van der Waals surface area contributed by atoms with Crippen molar-refractivity contribution in [3.63, 3.8) is 0 Å². The minimum Gasteiger partial charge on any atom is -0.506 e. The number of aromatic nitrogens is 2. The Morgan fingerprint density at radius 2 is 1.51 bits per heavy atom. The average Bonchev–Trinajstić information content (AvgIpc) is 3.30. The molecule has 0 saturated carbocycles. The van der Waals surface area contributed by atoms with Gasteiger partial charge in [0.05, 0.1) is 5.52 Å². The fourth-order valence-corrected chi connectivity index (χ4v) is 5.47. The Kier molecular flexibility index (Phi) is 6.56. The molecule has 7 aromatic rings. The van der Waals surface area contributed by atoms with Crippen LogP contribution < -0.4 is 0 Å². The fourth-order valence-electron chi connectivity index (χ4n) is 4.23. The van der Waals surface area contributed by atoms with Crippen LogP contribution in [0.4, 0.5) is 0 Å². The third-order valence-electron chi connectivity index (χ3n) is 5.79. The number of aromatic hydroxyl groups is 1. The van der Waals surface area contributed by atoms with Gasteiger partial charge in [0.15, 0.2) is 0 Å². The molecular formula is C30H19IrN2OS-. The third-order valence-corrected chi connectivity index (χ3v) is 6.99. The predicted octanol–water partition coefficient (Wildman–Crippen LogP) is 8.01. The van der Waals surface area contributed by atoms with Crippen LogP contribution in [-0.4, -0.2) is 15.1 Å². The van der Waals surface area contributed by atoms with E-state index in [0.717, 1.165) is 22.2 Å². The number of rotatable bonds is 1. The number of thiophene rings is 1. The van der Waals surface area contributed by atoms with Crippen molar-refractivity contribution in [2.24, 2.45) is 0 Å². The summed E-state index contributed by atoms with van der Waals surface area (Å²) in [6.07, 6.45) is 1.67. The van der Waals surface area contributed by atoms with Gasteiger partial charge in [0.25, 0.3) is 0 Å². The van der Waals surface area contributed by atoms with E-state index < -0.39 is 0 Å². The second-order valence-electron chi connectivity index (χ2n) is 7.91. The average molecular weight is 648 g/mol. The fraction of sp³-hybridized carbons (Fsp3) is 0. The Balaban J connectivity index is 0.000000179. The topological polar surface area (TPSA) is 46.0 Å². The second kappa shape index (κ2) is 9.93. The number of nitrogens with zero attached hydrogens (tertiary/aromatic N) is 2. The molecule has 35 heavy (non-hydrogen) atoms. The van der Waals surface area contributed by atoms with Gasteiger partial charge in [-0.15, -0.1) is 47.2 Å². The zero-order valence-corrected chi connectivity index (χ0v) is 21.7. The van der Waals surface area contributed by atoms with Crippen LogP contribution in [-0.2, 0) is 20.1 Å². The molecule has 1 N–H and O–H groups in total. The molecule has 0 fully saturated rings. The van der Waals surface area contributed by atoms with Crippen LogP contribution >= 0.6 is 11.3 Å². The molecule has 5 heteroatoms. The van der Waals surface area contributed by atoms with E-state index in [0.29, 0.717) is 5.52 Å². The van der Waals surface area contributed by atoms with Crippen molar-refractivity contribution in [1.82, 2.24) is 9.97 Å². The van der Waals surface area contributed by atoms with Crippen LogP contribution in [0.3, 0.4) is 0 Å².